The molecule has 1 rings (SSSR count). The second kappa shape index (κ2) is 6.17. The number of carboxylic acids is 1. The van der Waals surface area contributed by atoms with Gasteiger partial charge in [-0.25, -0.2) is 9.78 Å². The standard InChI is InChI=1S/C13H19N3O3/c1-13(2,3)16-11(17)7-8-14-10-6-4-5-9(15-10)12(18)19/h4-6H,7-8H2,1-3H3,(H,14,15)(H,16,17)(H,18,19). The molecule has 6 nitrogen and oxygen atoms in total. The smallest absolute Gasteiger partial charge is 0.354 e. The highest BCUT2D eigenvalue weighted by molar-refractivity contribution is 5.85. The first-order chi connectivity index (χ1) is 8.78. The molecular formula is C13H19N3O3. The number of hydrogen-bond donors (Lipinski definition) is 3. The maximum atomic E-state index is 11.6. The Kier molecular flexibility index (Phi) is 4.86. The third-order valence-corrected chi connectivity index (χ3v) is 2.14. The van der Waals surface area contributed by atoms with Crippen molar-refractivity contribution in [1.29, 1.82) is 0 Å². The van der Waals surface area contributed by atoms with Gasteiger partial charge in [0.15, 0.2) is 5.69 Å². The van der Waals surface area contributed by atoms with E-state index in [-0.39, 0.29) is 17.1 Å². The van der Waals surface area contributed by atoms with E-state index in [9.17, 15) is 9.59 Å². The fraction of sp³-hybridized carbons (Fsp3) is 0.462. The molecule has 0 spiro atoms. The van der Waals surface area contributed by atoms with Crippen molar-refractivity contribution in [2.24, 2.45) is 0 Å². The monoisotopic (exact) mass is 265 g/mol. The van der Waals surface area contributed by atoms with Crippen LogP contribution in [-0.4, -0.2) is 34.1 Å². The van der Waals surface area contributed by atoms with Gasteiger partial charge in [-0.15, -0.1) is 0 Å². The first-order valence-electron chi connectivity index (χ1n) is 6.03. The zero-order chi connectivity index (χ0) is 14.5. The van der Waals surface area contributed by atoms with Crippen LogP contribution in [0.25, 0.3) is 0 Å². The lowest BCUT2D eigenvalue weighted by Crippen LogP contribution is -2.41. The Labute approximate surface area is 112 Å². The van der Waals surface area contributed by atoms with Gasteiger partial charge in [-0.2, -0.15) is 0 Å². The first-order valence-corrected chi connectivity index (χ1v) is 6.03. The molecular weight excluding hydrogens is 246 g/mol. The highest BCUT2D eigenvalue weighted by Crippen LogP contribution is 2.05. The second-order valence-corrected chi connectivity index (χ2v) is 5.19. The Morgan fingerprint density at radius 1 is 1.32 bits per heavy atom. The molecule has 0 aliphatic carbocycles. The van der Waals surface area contributed by atoms with Crippen LogP contribution < -0.4 is 10.6 Å². The number of pyridine rings is 1. The number of aromatic carboxylic acids is 1. The Hall–Kier alpha value is -2.11. The molecule has 1 heterocycles. The van der Waals surface area contributed by atoms with Crippen LogP contribution in [0, 0.1) is 0 Å². The van der Waals surface area contributed by atoms with Gasteiger partial charge in [-0.3, -0.25) is 4.79 Å². The summed E-state index contributed by atoms with van der Waals surface area (Å²) >= 11 is 0. The van der Waals surface area contributed by atoms with Crippen LogP contribution in [0.3, 0.4) is 0 Å². The molecule has 1 aromatic rings. The quantitative estimate of drug-likeness (QED) is 0.750. The number of hydrogen-bond acceptors (Lipinski definition) is 4. The molecule has 0 radical (unpaired) electrons. The minimum Gasteiger partial charge on any atom is -0.477 e. The molecule has 0 aliphatic rings. The predicted octanol–water partition coefficient (Wildman–Crippen LogP) is 1.50. The van der Waals surface area contributed by atoms with E-state index in [0.29, 0.717) is 18.8 Å². The molecule has 0 atom stereocenters. The first kappa shape index (κ1) is 14.9. The predicted molar refractivity (Wildman–Crippen MR) is 72.2 cm³/mol. The third kappa shape index (κ3) is 5.85. The minimum absolute atomic E-state index is 0.0239. The van der Waals surface area contributed by atoms with Crippen molar-refractivity contribution in [1.82, 2.24) is 10.3 Å². The molecule has 104 valence electrons. The van der Waals surface area contributed by atoms with Gasteiger partial charge in [0.25, 0.3) is 0 Å². The van der Waals surface area contributed by atoms with Crippen molar-refractivity contribution in [3.8, 4) is 0 Å². The summed E-state index contributed by atoms with van der Waals surface area (Å²) in [6.45, 7) is 6.14. The van der Waals surface area contributed by atoms with Gasteiger partial charge in [-0.1, -0.05) is 6.07 Å². The van der Waals surface area contributed by atoms with E-state index < -0.39 is 5.97 Å². The summed E-state index contributed by atoms with van der Waals surface area (Å²) in [4.78, 5) is 26.2. The zero-order valence-corrected chi connectivity index (χ0v) is 11.4. The van der Waals surface area contributed by atoms with E-state index in [1.54, 1.807) is 12.1 Å². The van der Waals surface area contributed by atoms with Crippen LogP contribution in [0.15, 0.2) is 18.2 Å². The Morgan fingerprint density at radius 3 is 2.58 bits per heavy atom. The van der Waals surface area contributed by atoms with Gasteiger partial charge < -0.3 is 15.7 Å². The topological polar surface area (TPSA) is 91.3 Å². The maximum absolute atomic E-state index is 11.6. The summed E-state index contributed by atoms with van der Waals surface area (Å²) in [5.41, 5.74) is -0.275. The normalized spacial score (nSPS) is 10.9. The molecule has 0 bridgehead atoms. The van der Waals surface area contributed by atoms with Crippen LogP contribution in [0.1, 0.15) is 37.7 Å². The van der Waals surface area contributed by atoms with Crippen molar-refractivity contribution in [2.75, 3.05) is 11.9 Å². The molecule has 1 amide bonds. The SMILES string of the molecule is CC(C)(C)NC(=O)CCNc1cccc(C(=O)O)n1. The van der Waals surface area contributed by atoms with Crippen LogP contribution in [-0.2, 0) is 4.79 Å². The molecule has 0 fully saturated rings. The number of carboxylic acid groups (broad SMARTS) is 1. The van der Waals surface area contributed by atoms with Crippen molar-refractivity contribution >= 4 is 17.7 Å². The number of carbonyl (C=O) groups excluding carboxylic acids is 1. The number of nitrogens with zero attached hydrogens (tertiary/aromatic N) is 1. The van der Waals surface area contributed by atoms with Crippen molar-refractivity contribution in [3.05, 3.63) is 23.9 Å². The van der Waals surface area contributed by atoms with Gasteiger partial charge in [-0.05, 0) is 32.9 Å². The molecule has 0 aliphatic heterocycles. The molecule has 3 N–H and O–H groups in total. The van der Waals surface area contributed by atoms with Crippen molar-refractivity contribution < 1.29 is 14.7 Å². The van der Waals surface area contributed by atoms with Crippen molar-refractivity contribution in [2.45, 2.75) is 32.7 Å². The largest absolute Gasteiger partial charge is 0.477 e. The summed E-state index contributed by atoms with van der Waals surface area (Å²) in [7, 11) is 0. The van der Waals surface area contributed by atoms with E-state index in [2.05, 4.69) is 15.6 Å². The highest BCUT2D eigenvalue weighted by atomic mass is 16.4. The third-order valence-electron chi connectivity index (χ3n) is 2.14. The molecule has 1 aromatic heterocycles. The Balaban J connectivity index is 2.43. The van der Waals surface area contributed by atoms with Crippen LogP contribution >= 0.6 is 0 Å². The molecule has 0 unspecified atom stereocenters. The molecule has 0 saturated heterocycles. The Bertz CT molecular complexity index is 466. The summed E-state index contributed by atoms with van der Waals surface area (Å²) in [5.74, 6) is -0.688. The van der Waals surface area contributed by atoms with E-state index in [1.165, 1.54) is 6.07 Å². The lowest BCUT2D eigenvalue weighted by atomic mass is 10.1. The van der Waals surface area contributed by atoms with E-state index in [0.717, 1.165) is 0 Å². The molecule has 0 aromatic carbocycles. The van der Waals surface area contributed by atoms with E-state index in [1.807, 2.05) is 20.8 Å². The van der Waals surface area contributed by atoms with Crippen LogP contribution in [0.5, 0.6) is 0 Å². The van der Waals surface area contributed by atoms with Crippen LogP contribution in [0.4, 0.5) is 5.82 Å². The molecule has 0 saturated carbocycles. The highest BCUT2D eigenvalue weighted by Gasteiger charge is 2.13. The van der Waals surface area contributed by atoms with Gasteiger partial charge in [0, 0.05) is 18.5 Å². The second-order valence-electron chi connectivity index (χ2n) is 5.19. The molecule has 19 heavy (non-hydrogen) atoms. The van der Waals surface area contributed by atoms with Crippen LogP contribution in [0.2, 0.25) is 0 Å². The number of anilines is 1. The fourth-order valence-electron chi connectivity index (χ4n) is 1.44. The molecule has 6 heteroatoms. The lowest BCUT2D eigenvalue weighted by Gasteiger charge is -2.20. The van der Waals surface area contributed by atoms with Crippen molar-refractivity contribution in [3.63, 3.8) is 0 Å². The zero-order valence-electron chi connectivity index (χ0n) is 11.4. The average Bonchev–Trinajstić information content (AvgIpc) is 2.27. The summed E-state index contributed by atoms with van der Waals surface area (Å²) in [6.07, 6.45) is 0.302. The number of carbonyl (C=O) groups is 2. The fourth-order valence-corrected chi connectivity index (χ4v) is 1.44. The van der Waals surface area contributed by atoms with E-state index in [4.69, 9.17) is 5.11 Å². The Morgan fingerprint density at radius 2 is 2.00 bits per heavy atom. The van der Waals surface area contributed by atoms with Gasteiger partial charge in [0.05, 0.1) is 0 Å². The summed E-state index contributed by atoms with van der Waals surface area (Å²) in [5, 5.41) is 14.6. The number of nitrogens with one attached hydrogen (secondary N) is 2. The number of aromatic nitrogens is 1. The van der Waals surface area contributed by atoms with Gasteiger partial charge in [0.2, 0.25) is 5.91 Å². The number of rotatable bonds is 5. The van der Waals surface area contributed by atoms with Gasteiger partial charge >= 0.3 is 5.97 Å². The average molecular weight is 265 g/mol. The maximum Gasteiger partial charge on any atom is 0.354 e. The summed E-state index contributed by atoms with van der Waals surface area (Å²) < 4.78 is 0. The number of amides is 1. The minimum atomic E-state index is -1.07. The summed E-state index contributed by atoms with van der Waals surface area (Å²) in [6, 6.07) is 4.68. The van der Waals surface area contributed by atoms with E-state index >= 15 is 0 Å². The van der Waals surface area contributed by atoms with Gasteiger partial charge in [0.1, 0.15) is 5.82 Å². The lowest BCUT2D eigenvalue weighted by molar-refractivity contribution is -0.122.